The van der Waals surface area contributed by atoms with Gasteiger partial charge >= 0.3 is 0 Å². The highest BCUT2D eigenvalue weighted by molar-refractivity contribution is 5.90. The van der Waals surface area contributed by atoms with Gasteiger partial charge in [-0.05, 0) is 42.9 Å². The number of carbonyl (C=O) groups is 1. The molecule has 0 aliphatic heterocycles. The molecule has 2 N–H and O–H groups in total. The van der Waals surface area contributed by atoms with E-state index in [1.165, 1.54) is 0 Å². The fraction of sp³-hybridized carbons (Fsp3) is 0.240. The summed E-state index contributed by atoms with van der Waals surface area (Å²) in [5.41, 5.74) is 0.322. The zero-order chi connectivity index (χ0) is 21.6. The number of carbonyl (C=O) groups excluding carboxylic acids is 1. The average Bonchev–Trinajstić information content (AvgIpc) is 2.80. The summed E-state index contributed by atoms with van der Waals surface area (Å²) >= 11 is 0. The number of hydrogen-bond acceptors (Lipinski definition) is 4. The van der Waals surface area contributed by atoms with Gasteiger partial charge in [-0.2, -0.15) is 0 Å². The molecule has 0 radical (unpaired) electrons. The molecule has 156 valence electrons. The number of rotatable bonds is 8. The molecule has 0 saturated heterocycles. The van der Waals surface area contributed by atoms with Crippen molar-refractivity contribution < 1.29 is 14.6 Å². The van der Waals surface area contributed by atoms with Crippen molar-refractivity contribution in [2.24, 2.45) is 0 Å². The molecule has 0 bridgehead atoms. The molecule has 1 unspecified atom stereocenters. The van der Waals surface area contributed by atoms with Crippen LogP contribution in [0, 0.1) is 0 Å². The number of nitrogens with one attached hydrogen (secondary N) is 1. The number of hydrogen-bond donors (Lipinski definition) is 2. The minimum atomic E-state index is -1.78. The van der Waals surface area contributed by atoms with Crippen LogP contribution in [0.15, 0.2) is 84.9 Å². The van der Waals surface area contributed by atoms with E-state index < -0.39 is 11.5 Å². The van der Waals surface area contributed by atoms with E-state index in [4.69, 9.17) is 4.74 Å². The maximum atomic E-state index is 13.3. The summed E-state index contributed by atoms with van der Waals surface area (Å²) in [6.07, 6.45) is 0. The van der Waals surface area contributed by atoms with Crippen LogP contribution in [-0.2, 0) is 10.4 Å². The summed E-state index contributed by atoms with van der Waals surface area (Å²) < 4.78 is 5.23. The Hall–Kier alpha value is -3.15. The van der Waals surface area contributed by atoms with Crippen molar-refractivity contribution in [1.29, 1.82) is 0 Å². The van der Waals surface area contributed by atoms with E-state index in [1.807, 2.05) is 79.7 Å². The second-order valence-corrected chi connectivity index (χ2v) is 7.41. The van der Waals surface area contributed by atoms with E-state index >= 15 is 0 Å². The molecule has 5 heteroatoms. The third kappa shape index (κ3) is 4.53. The second kappa shape index (κ2) is 9.57. The molecule has 0 heterocycles. The molecule has 0 fully saturated rings. The van der Waals surface area contributed by atoms with E-state index in [0.29, 0.717) is 17.7 Å². The van der Waals surface area contributed by atoms with Gasteiger partial charge in [0.25, 0.3) is 5.91 Å². The van der Waals surface area contributed by atoms with Gasteiger partial charge in [0.1, 0.15) is 5.75 Å². The molecule has 3 rings (SSSR count). The molecule has 3 aromatic rings. The zero-order valence-corrected chi connectivity index (χ0v) is 17.6. The Kier molecular flexibility index (Phi) is 6.87. The lowest BCUT2D eigenvalue weighted by Crippen LogP contribution is -2.47. The predicted octanol–water partition coefficient (Wildman–Crippen LogP) is 3.35. The van der Waals surface area contributed by atoms with Crippen molar-refractivity contribution in [3.63, 3.8) is 0 Å². The Bertz CT molecular complexity index is 902. The van der Waals surface area contributed by atoms with Crippen LogP contribution in [-0.4, -0.2) is 43.7 Å². The maximum absolute atomic E-state index is 13.3. The van der Waals surface area contributed by atoms with Gasteiger partial charge in [-0.1, -0.05) is 72.8 Å². The fourth-order valence-electron chi connectivity index (χ4n) is 3.53. The summed E-state index contributed by atoms with van der Waals surface area (Å²) in [6, 6.07) is 25.7. The third-order valence-electron chi connectivity index (χ3n) is 5.29. The average molecular weight is 405 g/mol. The molecule has 0 spiro atoms. The van der Waals surface area contributed by atoms with Gasteiger partial charge in [-0.15, -0.1) is 0 Å². The fourth-order valence-corrected chi connectivity index (χ4v) is 3.53. The number of amides is 1. The molecule has 5 nitrogen and oxygen atoms in total. The van der Waals surface area contributed by atoms with E-state index in [1.54, 1.807) is 31.4 Å². The summed E-state index contributed by atoms with van der Waals surface area (Å²) in [7, 11) is 5.55. The number of ether oxygens (including phenoxy) is 1. The Morgan fingerprint density at radius 1 is 0.933 bits per heavy atom. The number of benzene rings is 3. The van der Waals surface area contributed by atoms with Crippen LogP contribution in [0.2, 0.25) is 0 Å². The number of nitrogens with zero attached hydrogens (tertiary/aromatic N) is 1. The molecule has 0 aromatic heterocycles. The smallest absolute Gasteiger partial charge is 0.261 e. The molecular weight excluding hydrogens is 376 g/mol. The maximum Gasteiger partial charge on any atom is 0.261 e. The SMILES string of the molecule is COc1ccc(C(CNC(=O)C(O)(c2ccccc2)c2ccccc2)N(C)C)cc1. The molecule has 30 heavy (non-hydrogen) atoms. The van der Waals surface area contributed by atoms with Gasteiger partial charge in [0.2, 0.25) is 0 Å². The van der Waals surface area contributed by atoms with Crippen molar-refractivity contribution in [1.82, 2.24) is 10.2 Å². The van der Waals surface area contributed by atoms with Crippen LogP contribution >= 0.6 is 0 Å². The van der Waals surface area contributed by atoms with Crippen molar-refractivity contribution in [2.45, 2.75) is 11.6 Å². The monoisotopic (exact) mass is 404 g/mol. The van der Waals surface area contributed by atoms with Crippen LogP contribution < -0.4 is 10.1 Å². The summed E-state index contributed by atoms with van der Waals surface area (Å²) in [4.78, 5) is 15.4. The molecule has 0 aliphatic rings. The first-order chi connectivity index (χ1) is 14.5. The van der Waals surface area contributed by atoms with Crippen LogP contribution in [0.5, 0.6) is 5.75 Å². The third-order valence-corrected chi connectivity index (χ3v) is 5.29. The van der Waals surface area contributed by atoms with Crippen molar-refractivity contribution >= 4 is 5.91 Å². The van der Waals surface area contributed by atoms with Gasteiger partial charge in [0.05, 0.1) is 13.2 Å². The van der Waals surface area contributed by atoms with Gasteiger partial charge in [0, 0.05) is 6.54 Å². The van der Waals surface area contributed by atoms with Gasteiger partial charge in [-0.25, -0.2) is 0 Å². The molecule has 1 atom stereocenters. The van der Waals surface area contributed by atoms with Gasteiger partial charge in [-0.3, -0.25) is 4.79 Å². The molecule has 3 aromatic carbocycles. The molecule has 1 amide bonds. The second-order valence-electron chi connectivity index (χ2n) is 7.41. The van der Waals surface area contributed by atoms with Crippen molar-refractivity contribution in [3.8, 4) is 5.75 Å². The minimum Gasteiger partial charge on any atom is -0.497 e. The topological polar surface area (TPSA) is 61.8 Å². The van der Waals surface area contributed by atoms with E-state index in [-0.39, 0.29) is 6.04 Å². The normalized spacial score (nSPS) is 12.4. The summed E-state index contributed by atoms with van der Waals surface area (Å²) in [5, 5.41) is 14.5. The predicted molar refractivity (Wildman–Crippen MR) is 118 cm³/mol. The quantitative estimate of drug-likeness (QED) is 0.604. The Balaban J connectivity index is 1.86. The highest BCUT2D eigenvalue weighted by Crippen LogP contribution is 2.30. The Morgan fingerprint density at radius 3 is 1.87 bits per heavy atom. The Labute approximate surface area is 177 Å². The molecule has 0 saturated carbocycles. The number of methoxy groups -OCH3 is 1. The van der Waals surface area contributed by atoms with Gasteiger partial charge < -0.3 is 20.1 Å². The lowest BCUT2D eigenvalue weighted by molar-refractivity contribution is -0.136. The standard InChI is InChI=1S/C25H28N2O3/c1-27(2)23(19-14-16-22(30-3)17-15-19)18-26-24(28)25(29,20-10-6-4-7-11-20)21-12-8-5-9-13-21/h4-17,23,29H,18H2,1-3H3,(H,26,28). The lowest BCUT2D eigenvalue weighted by atomic mass is 9.85. The minimum absolute atomic E-state index is 0.0596. The largest absolute Gasteiger partial charge is 0.497 e. The zero-order valence-electron chi connectivity index (χ0n) is 17.6. The van der Waals surface area contributed by atoms with Gasteiger partial charge in [0.15, 0.2) is 5.60 Å². The lowest BCUT2D eigenvalue weighted by Gasteiger charge is -2.31. The van der Waals surface area contributed by atoms with E-state index in [0.717, 1.165) is 11.3 Å². The van der Waals surface area contributed by atoms with Crippen LogP contribution in [0.25, 0.3) is 0 Å². The molecule has 0 aliphatic carbocycles. The number of likely N-dealkylation sites (N-methyl/N-ethyl adjacent to an activating group) is 1. The summed E-state index contributed by atoms with van der Waals surface area (Å²) in [5.74, 6) is 0.322. The van der Waals surface area contributed by atoms with E-state index in [2.05, 4.69) is 5.32 Å². The number of aliphatic hydroxyl groups is 1. The first kappa shape index (κ1) is 21.6. The summed E-state index contributed by atoms with van der Waals surface area (Å²) in [6.45, 7) is 0.347. The molecular formula is C25H28N2O3. The van der Waals surface area contributed by atoms with E-state index in [9.17, 15) is 9.90 Å². The highest BCUT2D eigenvalue weighted by atomic mass is 16.5. The first-order valence-electron chi connectivity index (χ1n) is 9.89. The van der Waals surface area contributed by atoms with Crippen LogP contribution in [0.3, 0.4) is 0 Å². The van der Waals surface area contributed by atoms with Crippen LogP contribution in [0.1, 0.15) is 22.7 Å². The highest BCUT2D eigenvalue weighted by Gasteiger charge is 2.40. The van der Waals surface area contributed by atoms with Crippen molar-refractivity contribution in [3.05, 3.63) is 102 Å². The van der Waals surface area contributed by atoms with Crippen LogP contribution in [0.4, 0.5) is 0 Å². The first-order valence-corrected chi connectivity index (χ1v) is 9.89. The van der Waals surface area contributed by atoms with Crippen molar-refractivity contribution in [2.75, 3.05) is 27.7 Å². The Morgan fingerprint density at radius 2 is 1.43 bits per heavy atom.